The number of ether oxygens (including phenoxy) is 1. The first-order valence-corrected chi connectivity index (χ1v) is 10.6. The molecule has 29 heavy (non-hydrogen) atoms. The quantitative estimate of drug-likeness (QED) is 0.508. The van der Waals surface area contributed by atoms with Crippen LogP contribution in [0.1, 0.15) is 40.8 Å². The molecule has 2 aliphatic heterocycles. The van der Waals surface area contributed by atoms with Crippen LogP contribution in [0.15, 0.2) is 42.5 Å². The van der Waals surface area contributed by atoms with Crippen molar-refractivity contribution in [3.05, 3.63) is 70.3 Å². The van der Waals surface area contributed by atoms with Crippen molar-refractivity contribution in [1.82, 2.24) is 0 Å². The Bertz CT molecular complexity index is 868. The van der Waals surface area contributed by atoms with Gasteiger partial charge in [-0.3, -0.25) is 0 Å². The van der Waals surface area contributed by atoms with Gasteiger partial charge in [-0.05, 0) is 35.6 Å². The number of aliphatic hydroxyl groups is 5. The minimum atomic E-state index is -1.41. The Hall–Kier alpha value is -1.45. The van der Waals surface area contributed by atoms with Crippen molar-refractivity contribution in [2.24, 2.45) is 0 Å². The molecule has 2 aliphatic rings. The van der Waals surface area contributed by atoms with E-state index in [9.17, 15) is 25.5 Å². The van der Waals surface area contributed by atoms with Crippen LogP contribution in [0.25, 0.3) is 0 Å². The minimum Gasteiger partial charge on any atom is -0.395 e. The smallest absolute Gasteiger partial charge is 0.168 e. The van der Waals surface area contributed by atoms with Gasteiger partial charge < -0.3 is 30.3 Å². The van der Waals surface area contributed by atoms with E-state index in [4.69, 9.17) is 4.74 Å². The summed E-state index contributed by atoms with van der Waals surface area (Å²) >= 11 is 1.16. The van der Waals surface area contributed by atoms with Gasteiger partial charge in [0.25, 0.3) is 0 Å². The maximum absolute atomic E-state index is 10.8. The van der Waals surface area contributed by atoms with E-state index in [-0.39, 0.29) is 6.61 Å². The fourth-order valence-corrected chi connectivity index (χ4v) is 5.63. The second kappa shape index (κ2) is 8.00. The van der Waals surface area contributed by atoms with Gasteiger partial charge >= 0.3 is 0 Å². The van der Waals surface area contributed by atoms with Crippen LogP contribution in [0.2, 0.25) is 0 Å². The topological polar surface area (TPSA) is 110 Å². The van der Waals surface area contributed by atoms with Crippen molar-refractivity contribution in [3.8, 4) is 0 Å². The van der Waals surface area contributed by atoms with Crippen molar-refractivity contribution < 1.29 is 30.3 Å². The highest BCUT2D eigenvalue weighted by Gasteiger charge is 2.57. The van der Waals surface area contributed by atoms with Gasteiger partial charge in [-0.15, -0.1) is 11.8 Å². The Morgan fingerprint density at radius 2 is 1.76 bits per heavy atom. The standard InChI is InChI=1S/C22H26O6S/c1-12(24)15-5-2-13(3-6-15)8-14-4-7-16-11-28-22(17(16)9-14)21(27)20(26)19(25)18(10-23)29-22/h2-7,9,12,18-21,23-27H,8,10-11H2,1H3/t12?,18-,19-,20+,21-,22+/m1/s1. The Balaban J connectivity index is 1.64. The third-order valence-electron chi connectivity index (χ3n) is 5.81. The lowest BCUT2D eigenvalue weighted by atomic mass is 9.91. The number of benzene rings is 2. The van der Waals surface area contributed by atoms with E-state index in [1.807, 2.05) is 42.5 Å². The van der Waals surface area contributed by atoms with E-state index in [1.54, 1.807) is 6.92 Å². The lowest BCUT2D eigenvalue weighted by Gasteiger charge is -2.45. The van der Waals surface area contributed by atoms with Crippen LogP contribution >= 0.6 is 11.8 Å². The SMILES string of the molecule is CC(O)c1ccc(Cc2ccc3c(c2)[C@]2(OC3)S[C@H](CO)[C@@H](O)[C@H](O)[C@H]2O)cc1. The molecule has 0 saturated carbocycles. The van der Waals surface area contributed by atoms with Gasteiger partial charge in [-0.2, -0.15) is 0 Å². The molecule has 1 spiro atoms. The van der Waals surface area contributed by atoms with E-state index in [0.717, 1.165) is 39.6 Å². The van der Waals surface area contributed by atoms with E-state index in [0.29, 0.717) is 13.0 Å². The number of rotatable bonds is 4. The molecule has 0 amide bonds. The van der Waals surface area contributed by atoms with Gasteiger partial charge in [0.05, 0.1) is 30.7 Å². The molecule has 156 valence electrons. The molecule has 2 aromatic rings. The number of hydrogen-bond acceptors (Lipinski definition) is 7. The van der Waals surface area contributed by atoms with E-state index in [2.05, 4.69) is 0 Å². The molecule has 5 N–H and O–H groups in total. The van der Waals surface area contributed by atoms with Gasteiger partial charge in [0.15, 0.2) is 4.93 Å². The fraction of sp³-hybridized carbons (Fsp3) is 0.455. The van der Waals surface area contributed by atoms with E-state index >= 15 is 0 Å². The predicted molar refractivity (Wildman–Crippen MR) is 109 cm³/mol. The first kappa shape index (κ1) is 20.8. The van der Waals surface area contributed by atoms with Crippen LogP contribution in [-0.4, -0.2) is 55.7 Å². The third kappa shape index (κ3) is 3.61. The number of aliphatic hydroxyl groups excluding tert-OH is 5. The van der Waals surface area contributed by atoms with Crippen LogP contribution < -0.4 is 0 Å². The molecule has 2 aromatic carbocycles. The summed E-state index contributed by atoms with van der Waals surface area (Å²) in [4.78, 5) is -1.21. The zero-order chi connectivity index (χ0) is 20.8. The van der Waals surface area contributed by atoms with E-state index in [1.165, 1.54) is 0 Å². The Morgan fingerprint density at radius 1 is 1.07 bits per heavy atom. The normalized spacial score (nSPS) is 32.3. The molecule has 0 aromatic heterocycles. The molecule has 4 rings (SSSR count). The number of fused-ring (bicyclic) bond motifs is 2. The van der Waals surface area contributed by atoms with E-state index < -0.39 is 34.6 Å². The third-order valence-corrected chi connectivity index (χ3v) is 7.47. The van der Waals surface area contributed by atoms with Crippen LogP contribution in [0.4, 0.5) is 0 Å². The molecule has 1 saturated heterocycles. The second-order valence-corrected chi connectivity index (χ2v) is 9.25. The molecular formula is C22H26O6S. The summed E-state index contributed by atoms with van der Waals surface area (Å²) in [6.45, 7) is 1.70. The summed E-state index contributed by atoms with van der Waals surface area (Å²) in [5.41, 5.74) is 4.66. The summed E-state index contributed by atoms with van der Waals surface area (Å²) in [7, 11) is 0. The van der Waals surface area contributed by atoms with Crippen molar-refractivity contribution in [2.75, 3.05) is 6.61 Å². The van der Waals surface area contributed by atoms with Crippen molar-refractivity contribution in [3.63, 3.8) is 0 Å². The molecule has 6 nitrogen and oxygen atoms in total. The average Bonchev–Trinajstić information content (AvgIpc) is 3.08. The molecule has 0 bridgehead atoms. The van der Waals surface area contributed by atoms with Crippen molar-refractivity contribution >= 4 is 11.8 Å². The van der Waals surface area contributed by atoms with Crippen molar-refractivity contribution in [2.45, 2.75) is 54.6 Å². The molecule has 1 fully saturated rings. The Kier molecular flexibility index (Phi) is 5.74. The van der Waals surface area contributed by atoms with Crippen LogP contribution in [0.3, 0.4) is 0 Å². The van der Waals surface area contributed by atoms with Gasteiger partial charge in [-0.1, -0.05) is 42.5 Å². The van der Waals surface area contributed by atoms with Gasteiger partial charge in [-0.25, -0.2) is 0 Å². The monoisotopic (exact) mass is 418 g/mol. The minimum absolute atomic E-state index is 0.295. The fourth-order valence-electron chi connectivity index (χ4n) is 4.08. The highest BCUT2D eigenvalue weighted by molar-refractivity contribution is 8.00. The largest absolute Gasteiger partial charge is 0.395 e. The van der Waals surface area contributed by atoms with Crippen LogP contribution in [0, 0.1) is 0 Å². The first-order chi connectivity index (χ1) is 13.9. The highest BCUT2D eigenvalue weighted by Crippen LogP contribution is 2.54. The molecule has 7 heteroatoms. The summed E-state index contributed by atoms with van der Waals surface area (Å²) in [5.74, 6) is 0. The maximum atomic E-state index is 10.8. The maximum Gasteiger partial charge on any atom is 0.168 e. The molecule has 1 unspecified atom stereocenters. The molecule has 2 heterocycles. The predicted octanol–water partition coefficient (Wildman–Crippen LogP) is 1.20. The molecular weight excluding hydrogens is 392 g/mol. The zero-order valence-corrected chi connectivity index (χ0v) is 16.9. The lowest BCUT2D eigenvalue weighted by Crippen LogP contribution is -2.58. The second-order valence-electron chi connectivity index (χ2n) is 7.81. The first-order valence-electron chi connectivity index (χ1n) is 9.71. The molecule has 6 atom stereocenters. The number of thioether (sulfide) groups is 1. The Morgan fingerprint density at radius 3 is 2.41 bits per heavy atom. The zero-order valence-electron chi connectivity index (χ0n) is 16.1. The summed E-state index contributed by atoms with van der Waals surface area (Å²) in [5, 5.41) is 49.9. The highest BCUT2D eigenvalue weighted by atomic mass is 32.2. The molecule has 0 aliphatic carbocycles. The molecule has 0 radical (unpaired) electrons. The van der Waals surface area contributed by atoms with Gasteiger partial charge in [0.2, 0.25) is 0 Å². The van der Waals surface area contributed by atoms with Gasteiger partial charge in [0, 0.05) is 5.56 Å². The van der Waals surface area contributed by atoms with Gasteiger partial charge in [0.1, 0.15) is 12.2 Å². The lowest BCUT2D eigenvalue weighted by molar-refractivity contribution is -0.147. The summed E-state index contributed by atoms with van der Waals surface area (Å²) in [6, 6.07) is 13.7. The summed E-state index contributed by atoms with van der Waals surface area (Å²) < 4.78 is 5.97. The number of hydrogen-bond donors (Lipinski definition) is 5. The Labute approximate surface area is 173 Å². The van der Waals surface area contributed by atoms with Crippen molar-refractivity contribution in [1.29, 1.82) is 0 Å². The van der Waals surface area contributed by atoms with Crippen LogP contribution in [0.5, 0.6) is 0 Å². The van der Waals surface area contributed by atoms with Crippen LogP contribution in [-0.2, 0) is 22.7 Å². The summed E-state index contributed by atoms with van der Waals surface area (Å²) in [6.07, 6.45) is -3.79. The average molecular weight is 419 g/mol.